The normalized spacial score (nSPS) is 11.0. The van der Waals surface area contributed by atoms with E-state index in [1.54, 1.807) is 0 Å². The van der Waals surface area contributed by atoms with Gasteiger partial charge in [-0.1, -0.05) is 48.5 Å². The molecule has 0 aliphatic heterocycles. The molecule has 4 aromatic rings. The zero-order valence-corrected chi connectivity index (χ0v) is 12.4. The van der Waals surface area contributed by atoms with Crippen LogP contribution >= 0.6 is 0 Å². The van der Waals surface area contributed by atoms with Crippen molar-refractivity contribution in [1.82, 2.24) is 0 Å². The zero-order valence-electron chi connectivity index (χ0n) is 12.4. The second-order valence-corrected chi connectivity index (χ2v) is 5.60. The molecule has 1 nitrogen and oxygen atoms in total. The van der Waals surface area contributed by atoms with Crippen LogP contribution in [-0.4, -0.2) is 0 Å². The Morgan fingerprint density at radius 1 is 0.636 bits per heavy atom. The number of benzene rings is 4. The van der Waals surface area contributed by atoms with E-state index in [-0.39, 0.29) is 0 Å². The van der Waals surface area contributed by atoms with Gasteiger partial charge in [0, 0.05) is 5.39 Å². The first-order valence-corrected chi connectivity index (χ1v) is 7.46. The molecule has 0 atom stereocenters. The van der Waals surface area contributed by atoms with Crippen LogP contribution < -0.4 is 4.74 Å². The molecule has 0 aromatic heterocycles. The number of hydrogen-bond donors (Lipinski definition) is 0. The van der Waals surface area contributed by atoms with Crippen LogP contribution in [0.25, 0.3) is 21.5 Å². The molecule has 0 N–H and O–H groups in total. The molecule has 0 amide bonds. The van der Waals surface area contributed by atoms with Gasteiger partial charge in [-0.05, 0) is 59.0 Å². The Hall–Kier alpha value is -2.80. The van der Waals surface area contributed by atoms with Gasteiger partial charge in [-0.15, -0.1) is 0 Å². The summed E-state index contributed by atoms with van der Waals surface area (Å²) in [5.74, 6) is 1.77. The van der Waals surface area contributed by atoms with Crippen molar-refractivity contribution in [2.45, 2.75) is 6.92 Å². The SMILES string of the molecule is Cc1cccc(Oc2cccc3cc4ccccc4cc23)c1. The van der Waals surface area contributed by atoms with Crippen LogP contribution in [0.3, 0.4) is 0 Å². The molecular weight excluding hydrogens is 268 g/mol. The Bertz CT molecular complexity index is 970. The molecule has 0 aliphatic carbocycles. The van der Waals surface area contributed by atoms with Crippen molar-refractivity contribution < 1.29 is 4.74 Å². The highest BCUT2D eigenvalue weighted by molar-refractivity contribution is 6.00. The highest BCUT2D eigenvalue weighted by Gasteiger charge is 2.05. The molecule has 0 unspecified atom stereocenters. The van der Waals surface area contributed by atoms with Crippen molar-refractivity contribution in [3.63, 3.8) is 0 Å². The summed E-state index contributed by atoms with van der Waals surface area (Å²) in [6.07, 6.45) is 0. The lowest BCUT2D eigenvalue weighted by Gasteiger charge is -2.10. The molecule has 106 valence electrons. The van der Waals surface area contributed by atoms with Gasteiger partial charge in [0.1, 0.15) is 11.5 Å². The summed E-state index contributed by atoms with van der Waals surface area (Å²) in [4.78, 5) is 0. The number of hydrogen-bond acceptors (Lipinski definition) is 1. The van der Waals surface area contributed by atoms with E-state index in [2.05, 4.69) is 61.5 Å². The van der Waals surface area contributed by atoms with E-state index in [1.165, 1.54) is 21.7 Å². The minimum atomic E-state index is 0.876. The third-order valence-electron chi connectivity index (χ3n) is 3.92. The molecule has 0 fully saturated rings. The van der Waals surface area contributed by atoms with Gasteiger partial charge in [0.15, 0.2) is 0 Å². The quantitative estimate of drug-likeness (QED) is 0.404. The Kier molecular flexibility index (Phi) is 3.05. The number of fused-ring (bicyclic) bond motifs is 2. The topological polar surface area (TPSA) is 9.23 Å². The van der Waals surface area contributed by atoms with Crippen LogP contribution in [0.4, 0.5) is 0 Å². The summed E-state index contributed by atoms with van der Waals surface area (Å²) in [5.41, 5.74) is 1.20. The van der Waals surface area contributed by atoms with Crippen molar-refractivity contribution in [2.75, 3.05) is 0 Å². The van der Waals surface area contributed by atoms with Gasteiger partial charge < -0.3 is 4.74 Å². The van der Waals surface area contributed by atoms with Gasteiger partial charge in [-0.2, -0.15) is 0 Å². The molecule has 0 saturated heterocycles. The molecule has 0 spiro atoms. The smallest absolute Gasteiger partial charge is 0.135 e. The lowest BCUT2D eigenvalue weighted by atomic mass is 10.0. The fraction of sp³-hybridized carbons (Fsp3) is 0.0476. The number of ether oxygens (including phenoxy) is 1. The highest BCUT2D eigenvalue weighted by atomic mass is 16.5. The van der Waals surface area contributed by atoms with Gasteiger partial charge in [0.2, 0.25) is 0 Å². The fourth-order valence-electron chi connectivity index (χ4n) is 2.83. The average Bonchev–Trinajstić information content (AvgIpc) is 2.53. The lowest BCUT2D eigenvalue weighted by molar-refractivity contribution is 0.488. The van der Waals surface area contributed by atoms with Gasteiger partial charge in [0.05, 0.1) is 0 Å². The second-order valence-electron chi connectivity index (χ2n) is 5.60. The fourth-order valence-corrected chi connectivity index (χ4v) is 2.83. The largest absolute Gasteiger partial charge is 0.457 e. The molecule has 1 heteroatoms. The molecule has 4 rings (SSSR count). The monoisotopic (exact) mass is 284 g/mol. The first-order valence-electron chi connectivity index (χ1n) is 7.46. The maximum atomic E-state index is 6.12. The predicted molar refractivity (Wildman–Crippen MR) is 92.7 cm³/mol. The summed E-state index contributed by atoms with van der Waals surface area (Å²) in [6.45, 7) is 2.07. The van der Waals surface area contributed by atoms with E-state index < -0.39 is 0 Å². The summed E-state index contributed by atoms with van der Waals surface area (Å²) in [6, 6.07) is 27.2. The van der Waals surface area contributed by atoms with Crippen LogP contribution in [0.15, 0.2) is 78.9 Å². The third-order valence-corrected chi connectivity index (χ3v) is 3.92. The van der Waals surface area contributed by atoms with Gasteiger partial charge in [-0.3, -0.25) is 0 Å². The van der Waals surface area contributed by atoms with Crippen LogP contribution in [0.5, 0.6) is 11.5 Å². The second kappa shape index (κ2) is 5.19. The highest BCUT2D eigenvalue weighted by Crippen LogP contribution is 2.33. The van der Waals surface area contributed by atoms with Crippen molar-refractivity contribution in [3.05, 3.63) is 84.4 Å². The van der Waals surface area contributed by atoms with Crippen LogP contribution in [0.2, 0.25) is 0 Å². The van der Waals surface area contributed by atoms with E-state index in [1.807, 2.05) is 24.3 Å². The summed E-state index contributed by atoms with van der Waals surface area (Å²) in [7, 11) is 0. The first-order chi connectivity index (χ1) is 10.8. The minimum absolute atomic E-state index is 0.876. The maximum Gasteiger partial charge on any atom is 0.135 e. The number of aryl methyl sites for hydroxylation is 1. The molecular formula is C21H16O. The van der Waals surface area contributed by atoms with Gasteiger partial charge in [0.25, 0.3) is 0 Å². The summed E-state index contributed by atoms with van der Waals surface area (Å²) < 4.78 is 6.12. The zero-order chi connectivity index (χ0) is 14.9. The van der Waals surface area contributed by atoms with Crippen LogP contribution in [-0.2, 0) is 0 Å². The predicted octanol–water partition coefficient (Wildman–Crippen LogP) is 6.09. The van der Waals surface area contributed by atoms with Crippen molar-refractivity contribution in [1.29, 1.82) is 0 Å². The minimum Gasteiger partial charge on any atom is -0.457 e. The standard InChI is InChI=1S/C21H16O/c1-15-6-4-10-19(12-15)22-21-11-5-9-18-13-16-7-2-3-8-17(16)14-20(18)21/h2-14H,1H3. The maximum absolute atomic E-state index is 6.12. The first kappa shape index (κ1) is 12.9. The Balaban J connectivity index is 1.88. The molecule has 22 heavy (non-hydrogen) atoms. The van der Waals surface area contributed by atoms with Crippen LogP contribution in [0, 0.1) is 6.92 Å². The van der Waals surface area contributed by atoms with E-state index in [0.29, 0.717) is 0 Å². The third kappa shape index (κ3) is 2.31. The van der Waals surface area contributed by atoms with E-state index in [0.717, 1.165) is 16.9 Å². The van der Waals surface area contributed by atoms with Crippen LogP contribution in [0.1, 0.15) is 5.56 Å². The summed E-state index contributed by atoms with van der Waals surface area (Å²) >= 11 is 0. The molecule has 0 saturated carbocycles. The molecule has 4 aromatic carbocycles. The molecule has 0 radical (unpaired) electrons. The Morgan fingerprint density at radius 2 is 1.36 bits per heavy atom. The summed E-state index contributed by atoms with van der Waals surface area (Å²) in [5, 5.41) is 4.82. The van der Waals surface area contributed by atoms with Crippen molar-refractivity contribution >= 4 is 21.5 Å². The van der Waals surface area contributed by atoms with Gasteiger partial charge in [-0.25, -0.2) is 0 Å². The van der Waals surface area contributed by atoms with E-state index >= 15 is 0 Å². The van der Waals surface area contributed by atoms with E-state index in [9.17, 15) is 0 Å². The Labute approximate surface area is 129 Å². The Morgan fingerprint density at radius 3 is 2.18 bits per heavy atom. The molecule has 0 heterocycles. The average molecular weight is 284 g/mol. The number of rotatable bonds is 2. The van der Waals surface area contributed by atoms with Crippen molar-refractivity contribution in [2.24, 2.45) is 0 Å². The molecule has 0 bridgehead atoms. The van der Waals surface area contributed by atoms with Gasteiger partial charge >= 0.3 is 0 Å². The lowest BCUT2D eigenvalue weighted by Crippen LogP contribution is -1.87. The van der Waals surface area contributed by atoms with Crippen molar-refractivity contribution in [3.8, 4) is 11.5 Å². The molecule has 0 aliphatic rings. The van der Waals surface area contributed by atoms with E-state index in [4.69, 9.17) is 4.74 Å².